The van der Waals surface area contributed by atoms with Crippen LogP contribution >= 0.6 is 0 Å². The number of hydrogen-bond donors (Lipinski definition) is 0. The minimum absolute atomic E-state index is 1.13. The molecule has 198 valence electrons. The molecule has 0 aliphatic heterocycles. The molecule has 0 unspecified atom stereocenters. The highest BCUT2D eigenvalue weighted by atomic mass is 15.1. The maximum atomic E-state index is 2.36. The fourth-order valence-electron chi connectivity index (χ4n) is 6.15. The largest absolute Gasteiger partial charge is 0.310 e. The number of rotatable bonds is 5. The molecule has 0 bridgehead atoms. The lowest BCUT2D eigenvalue weighted by Gasteiger charge is -2.26. The number of hydrogen-bond acceptors (Lipinski definition) is 1. The highest BCUT2D eigenvalue weighted by Crippen LogP contribution is 2.37. The molecule has 0 aliphatic rings. The van der Waals surface area contributed by atoms with Gasteiger partial charge in [0.2, 0.25) is 0 Å². The van der Waals surface area contributed by atoms with Gasteiger partial charge >= 0.3 is 0 Å². The van der Waals surface area contributed by atoms with E-state index in [0.29, 0.717) is 0 Å². The lowest BCUT2D eigenvalue weighted by molar-refractivity contribution is 1.18. The summed E-state index contributed by atoms with van der Waals surface area (Å²) in [6.07, 6.45) is 0. The van der Waals surface area contributed by atoms with Crippen LogP contribution in [0.4, 0.5) is 17.1 Å². The van der Waals surface area contributed by atoms with Gasteiger partial charge in [-0.2, -0.15) is 0 Å². The molecule has 2 heteroatoms. The van der Waals surface area contributed by atoms with Gasteiger partial charge < -0.3 is 9.47 Å². The fraction of sp³-hybridized carbons (Fsp3) is 0. The Morgan fingerprint density at radius 3 is 1.52 bits per heavy atom. The van der Waals surface area contributed by atoms with E-state index >= 15 is 0 Å². The van der Waals surface area contributed by atoms with E-state index in [1.54, 1.807) is 0 Å². The van der Waals surface area contributed by atoms with E-state index in [4.69, 9.17) is 0 Å². The summed E-state index contributed by atoms with van der Waals surface area (Å²) in [5.74, 6) is 0. The van der Waals surface area contributed by atoms with Crippen LogP contribution in [-0.2, 0) is 0 Å². The van der Waals surface area contributed by atoms with Crippen molar-refractivity contribution in [3.05, 3.63) is 170 Å². The molecule has 42 heavy (non-hydrogen) atoms. The summed E-state index contributed by atoms with van der Waals surface area (Å²) in [7, 11) is 0. The van der Waals surface area contributed by atoms with E-state index in [-0.39, 0.29) is 0 Å². The van der Waals surface area contributed by atoms with Crippen LogP contribution in [0.1, 0.15) is 0 Å². The SMILES string of the molecule is c1ccc(N(c2ccc(-c3ccc(-n4c5ccccc5c5ccccc54)cc3)cc2)c2ccc3ccccc3c2)cc1. The standard InChI is InChI=1S/C40H28N2/c1-2-12-33(13-3-1)41(36-27-22-29-10-4-5-11-32(29)28-36)34-23-18-30(19-24-34)31-20-25-35(26-21-31)42-39-16-8-6-14-37(39)38-15-7-9-17-40(38)42/h1-28H. The molecule has 7 aromatic carbocycles. The van der Waals surface area contributed by atoms with Crippen LogP contribution in [0.25, 0.3) is 49.4 Å². The summed E-state index contributed by atoms with van der Waals surface area (Å²) in [6, 6.07) is 60.9. The van der Waals surface area contributed by atoms with E-state index in [1.807, 2.05) is 0 Å². The van der Waals surface area contributed by atoms with Crippen molar-refractivity contribution < 1.29 is 0 Å². The lowest BCUT2D eigenvalue weighted by atomic mass is 10.0. The predicted molar refractivity (Wildman–Crippen MR) is 178 cm³/mol. The number of fused-ring (bicyclic) bond motifs is 4. The lowest BCUT2D eigenvalue weighted by Crippen LogP contribution is -2.09. The number of anilines is 3. The minimum atomic E-state index is 1.13. The summed E-state index contributed by atoms with van der Waals surface area (Å²) in [5.41, 5.74) is 9.42. The first-order valence-electron chi connectivity index (χ1n) is 14.4. The van der Waals surface area contributed by atoms with Gasteiger partial charge in [-0.3, -0.25) is 0 Å². The molecule has 0 fully saturated rings. The van der Waals surface area contributed by atoms with E-state index < -0.39 is 0 Å². The van der Waals surface area contributed by atoms with Gasteiger partial charge in [-0.15, -0.1) is 0 Å². The topological polar surface area (TPSA) is 8.17 Å². The van der Waals surface area contributed by atoms with E-state index in [1.165, 1.54) is 49.4 Å². The smallest absolute Gasteiger partial charge is 0.0541 e. The Morgan fingerprint density at radius 2 is 0.857 bits per heavy atom. The second-order valence-corrected chi connectivity index (χ2v) is 10.7. The van der Waals surface area contributed by atoms with Crippen LogP contribution in [-0.4, -0.2) is 4.57 Å². The number of aromatic nitrogens is 1. The third-order valence-corrected chi connectivity index (χ3v) is 8.17. The van der Waals surface area contributed by atoms with Gasteiger partial charge in [-0.25, -0.2) is 0 Å². The molecule has 0 aliphatic carbocycles. The number of benzene rings is 7. The molecule has 2 nitrogen and oxygen atoms in total. The molecular formula is C40H28N2. The second-order valence-electron chi connectivity index (χ2n) is 10.7. The Morgan fingerprint density at radius 1 is 0.357 bits per heavy atom. The zero-order chi connectivity index (χ0) is 27.9. The fourth-order valence-corrected chi connectivity index (χ4v) is 6.15. The first kappa shape index (κ1) is 24.2. The quantitative estimate of drug-likeness (QED) is 0.212. The van der Waals surface area contributed by atoms with Crippen LogP contribution in [0.3, 0.4) is 0 Å². The molecule has 0 saturated heterocycles. The molecule has 0 radical (unpaired) electrons. The van der Waals surface area contributed by atoms with Gasteiger partial charge in [-0.1, -0.05) is 109 Å². The average Bonchev–Trinajstić information content (AvgIpc) is 3.40. The van der Waals surface area contributed by atoms with Crippen molar-refractivity contribution >= 4 is 49.6 Å². The van der Waals surface area contributed by atoms with E-state index in [2.05, 4.69) is 179 Å². The molecule has 0 N–H and O–H groups in total. The maximum absolute atomic E-state index is 2.36. The monoisotopic (exact) mass is 536 g/mol. The van der Waals surface area contributed by atoms with Gasteiger partial charge in [0, 0.05) is 33.5 Å². The zero-order valence-electron chi connectivity index (χ0n) is 23.1. The molecule has 8 aromatic rings. The first-order chi connectivity index (χ1) is 20.8. The first-order valence-corrected chi connectivity index (χ1v) is 14.4. The number of nitrogens with zero attached hydrogens (tertiary/aromatic N) is 2. The molecule has 0 saturated carbocycles. The van der Waals surface area contributed by atoms with Gasteiger partial charge in [0.15, 0.2) is 0 Å². The van der Waals surface area contributed by atoms with Gasteiger partial charge in [0.25, 0.3) is 0 Å². The summed E-state index contributed by atoms with van der Waals surface area (Å²) in [6.45, 7) is 0. The van der Waals surface area contributed by atoms with Crippen molar-refractivity contribution in [3.63, 3.8) is 0 Å². The predicted octanol–water partition coefficient (Wildman–Crippen LogP) is 11.1. The van der Waals surface area contributed by atoms with Gasteiger partial charge in [0.1, 0.15) is 0 Å². The average molecular weight is 537 g/mol. The third-order valence-electron chi connectivity index (χ3n) is 8.17. The zero-order valence-corrected chi connectivity index (χ0v) is 23.1. The van der Waals surface area contributed by atoms with Crippen molar-refractivity contribution in [1.82, 2.24) is 4.57 Å². The molecule has 1 heterocycles. The highest BCUT2D eigenvalue weighted by Gasteiger charge is 2.14. The summed E-state index contributed by atoms with van der Waals surface area (Å²) < 4.78 is 2.36. The number of para-hydroxylation sites is 3. The van der Waals surface area contributed by atoms with E-state index in [9.17, 15) is 0 Å². The molecule has 0 atom stereocenters. The summed E-state index contributed by atoms with van der Waals surface area (Å²) in [5, 5.41) is 5.04. The summed E-state index contributed by atoms with van der Waals surface area (Å²) in [4.78, 5) is 2.32. The highest BCUT2D eigenvalue weighted by molar-refractivity contribution is 6.09. The van der Waals surface area contributed by atoms with Crippen LogP contribution in [0.2, 0.25) is 0 Å². The van der Waals surface area contributed by atoms with Crippen molar-refractivity contribution in [1.29, 1.82) is 0 Å². The Kier molecular flexibility index (Phi) is 5.82. The maximum Gasteiger partial charge on any atom is 0.0541 e. The molecular weight excluding hydrogens is 508 g/mol. The Balaban J connectivity index is 1.16. The molecule has 8 rings (SSSR count). The normalized spacial score (nSPS) is 11.3. The third kappa shape index (κ3) is 4.13. The van der Waals surface area contributed by atoms with Crippen molar-refractivity contribution in [2.45, 2.75) is 0 Å². The van der Waals surface area contributed by atoms with Crippen molar-refractivity contribution in [2.24, 2.45) is 0 Å². The van der Waals surface area contributed by atoms with Gasteiger partial charge in [-0.05, 0) is 82.6 Å². The van der Waals surface area contributed by atoms with Gasteiger partial charge in [0.05, 0.1) is 11.0 Å². The van der Waals surface area contributed by atoms with Crippen LogP contribution in [0.5, 0.6) is 0 Å². The molecule has 1 aromatic heterocycles. The van der Waals surface area contributed by atoms with Crippen molar-refractivity contribution in [3.8, 4) is 16.8 Å². The van der Waals surface area contributed by atoms with Crippen LogP contribution in [0.15, 0.2) is 170 Å². The van der Waals surface area contributed by atoms with Crippen LogP contribution < -0.4 is 4.90 Å². The summed E-state index contributed by atoms with van der Waals surface area (Å²) >= 11 is 0. The Hall–Kier alpha value is -5.60. The van der Waals surface area contributed by atoms with E-state index in [0.717, 1.165) is 17.1 Å². The second kappa shape index (κ2) is 10.1. The minimum Gasteiger partial charge on any atom is -0.310 e. The molecule has 0 amide bonds. The Labute approximate surface area is 245 Å². The van der Waals surface area contributed by atoms with Crippen LogP contribution in [0, 0.1) is 0 Å². The van der Waals surface area contributed by atoms with Crippen molar-refractivity contribution in [2.75, 3.05) is 4.90 Å². The Bertz CT molecular complexity index is 2120. The molecule has 0 spiro atoms.